The van der Waals surface area contributed by atoms with Gasteiger partial charge in [-0.15, -0.1) is 6.58 Å². The summed E-state index contributed by atoms with van der Waals surface area (Å²) in [5.41, 5.74) is 0.191. The molecule has 1 aromatic carbocycles. The first-order chi connectivity index (χ1) is 8.95. The Bertz CT molecular complexity index is 460. The van der Waals surface area contributed by atoms with Crippen LogP contribution in [0.25, 0.3) is 0 Å². The van der Waals surface area contributed by atoms with Gasteiger partial charge in [-0.3, -0.25) is 4.79 Å². The van der Waals surface area contributed by atoms with Gasteiger partial charge in [-0.2, -0.15) is 0 Å². The van der Waals surface area contributed by atoms with E-state index < -0.39 is 18.0 Å². The van der Waals surface area contributed by atoms with Gasteiger partial charge in [0.15, 0.2) is 6.10 Å². The third kappa shape index (κ3) is 4.37. The first kappa shape index (κ1) is 15.2. The van der Waals surface area contributed by atoms with Crippen LogP contribution in [0.4, 0.5) is 4.39 Å². The van der Waals surface area contributed by atoms with Crippen LogP contribution in [0.5, 0.6) is 5.75 Å². The van der Waals surface area contributed by atoms with E-state index in [0.717, 1.165) is 6.07 Å². The van der Waals surface area contributed by atoms with Crippen LogP contribution in [0.15, 0.2) is 30.9 Å². The topological polar surface area (TPSA) is 58.6 Å². The highest BCUT2D eigenvalue weighted by atomic mass is 19.1. The van der Waals surface area contributed by atoms with Gasteiger partial charge in [-0.1, -0.05) is 6.08 Å². The smallest absolute Gasteiger partial charge is 0.261 e. The molecular formula is C14H18FNO3. The molecule has 1 rings (SSSR count). The number of carbonyl (C=O) groups excluding carboxylic acids is 1. The zero-order valence-corrected chi connectivity index (χ0v) is 11.0. The lowest BCUT2D eigenvalue weighted by atomic mass is 10.1. The maximum Gasteiger partial charge on any atom is 0.261 e. The van der Waals surface area contributed by atoms with E-state index in [9.17, 15) is 14.3 Å². The summed E-state index contributed by atoms with van der Waals surface area (Å²) < 4.78 is 18.9. The molecule has 4 nitrogen and oxygen atoms in total. The summed E-state index contributed by atoms with van der Waals surface area (Å²) in [4.78, 5) is 11.5. The summed E-state index contributed by atoms with van der Waals surface area (Å²) in [6.07, 6.45) is -0.0686. The zero-order valence-electron chi connectivity index (χ0n) is 11.0. The molecule has 2 atom stereocenters. The molecule has 1 amide bonds. The molecule has 0 fully saturated rings. The van der Waals surface area contributed by atoms with Gasteiger partial charge >= 0.3 is 0 Å². The Morgan fingerprint density at radius 1 is 1.58 bits per heavy atom. The molecule has 0 saturated carbocycles. The molecule has 0 saturated heterocycles. The summed E-state index contributed by atoms with van der Waals surface area (Å²) in [5, 5.41) is 11.9. The second-order valence-corrected chi connectivity index (χ2v) is 4.15. The van der Waals surface area contributed by atoms with E-state index in [0.29, 0.717) is 6.54 Å². The first-order valence-corrected chi connectivity index (χ1v) is 5.98. The second-order valence-electron chi connectivity index (χ2n) is 4.15. The predicted molar refractivity (Wildman–Crippen MR) is 70.3 cm³/mol. The number of halogens is 1. The van der Waals surface area contributed by atoms with Crippen molar-refractivity contribution in [3.05, 3.63) is 42.2 Å². The molecule has 0 spiro atoms. The van der Waals surface area contributed by atoms with Crippen molar-refractivity contribution < 1.29 is 19.0 Å². The molecule has 2 unspecified atom stereocenters. The first-order valence-electron chi connectivity index (χ1n) is 5.98. The fourth-order valence-corrected chi connectivity index (χ4v) is 1.49. The Labute approximate surface area is 111 Å². The van der Waals surface area contributed by atoms with Gasteiger partial charge in [0, 0.05) is 18.2 Å². The van der Waals surface area contributed by atoms with E-state index in [4.69, 9.17) is 4.74 Å². The molecule has 0 aromatic heterocycles. The number of carbonyl (C=O) groups is 1. The molecule has 0 aliphatic carbocycles. The molecule has 0 heterocycles. The fourth-order valence-electron chi connectivity index (χ4n) is 1.49. The van der Waals surface area contributed by atoms with Crippen molar-refractivity contribution in [2.75, 3.05) is 6.54 Å². The average Bonchev–Trinajstić information content (AvgIpc) is 2.35. The second kappa shape index (κ2) is 6.89. The maximum absolute atomic E-state index is 13.6. The van der Waals surface area contributed by atoms with E-state index >= 15 is 0 Å². The van der Waals surface area contributed by atoms with Crippen LogP contribution in [0.1, 0.15) is 25.5 Å². The number of benzene rings is 1. The standard InChI is InChI=1S/C14H18FNO3/c1-4-7-16-14(18)10(3)19-11-5-6-12(9(2)17)13(15)8-11/h4-6,8-10,17H,1,7H2,2-3H3,(H,16,18). The quantitative estimate of drug-likeness (QED) is 0.774. The summed E-state index contributed by atoms with van der Waals surface area (Å²) in [7, 11) is 0. The lowest BCUT2D eigenvalue weighted by Crippen LogP contribution is -2.36. The van der Waals surface area contributed by atoms with Crippen molar-refractivity contribution in [2.24, 2.45) is 0 Å². The molecule has 0 radical (unpaired) electrons. The largest absolute Gasteiger partial charge is 0.481 e. The highest BCUT2D eigenvalue weighted by Gasteiger charge is 2.15. The summed E-state index contributed by atoms with van der Waals surface area (Å²) in [6.45, 7) is 6.88. The van der Waals surface area contributed by atoms with E-state index in [1.165, 1.54) is 19.1 Å². The van der Waals surface area contributed by atoms with Gasteiger partial charge in [0.2, 0.25) is 0 Å². The summed E-state index contributed by atoms with van der Waals surface area (Å²) in [6, 6.07) is 4.10. The van der Waals surface area contributed by atoms with Crippen LogP contribution in [0, 0.1) is 5.82 Å². The normalized spacial score (nSPS) is 13.5. The van der Waals surface area contributed by atoms with Crippen LogP contribution in [-0.4, -0.2) is 23.7 Å². The number of rotatable bonds is 6. The van der Waals surface area contributed by atoms with Crippen molar-refractivity contribution in [1.29, 1.82) is 0 Å². The van der Waals surface area contributed by atoms with Gasteiger partial charge in [-0.05, 0) is 26.0 Å². The molecule has 104 valence electrons. The van der Waals surface area contributed by atoms with Gasteiger partial charge < -0.3 is 15.2 Å². The van der Waals surface area contributed by atoms with Crippen LogP contribution in [0.2, 0.25) is 0 Å². The minimum atomic E-state index is -0.887. The molecule has 5 heteroatoms. The monoisotopic (exact) mass is 267 g/mol. The van der Waals surface area contributed by atoms with E-state index in [2.05, 4.69) is 11.9 Å². The molecule has 19 heavy (non-hydrogen) atoms. The van der Waals surface area contributed by atoms with Crippen molar-refractivity contribution in [2.45, 2.75) is 26.1 Å². The highest BCUT2D eigenvalue weighted by molar-refractivity contribution is 5.80. The van der Waals surface area contributed by atoms with Crippen LogP contribution >= 0.6 is 0 Å². The molecule has 0 aliphatic heterocycles. The maximum atomic E-state index is 13.6. The SMILES string of the molecule is C=CCNC(=O)C(C)Oc1ccc(C(C)O)c(F)c1. The number of aliphatic hydroxyl groups excluding tert-OH is 1. The minimum absolute atomic E-state index is 0.191. The highest BCUT2D eigenvalue weighted by Crippen LogP contribution is 2.22. The third-order valence-corrected chi connectivity index (χ3v) is 2.52. The van der Waals surface area contributed by atoms with E-state index in [1.54, 1.807) is 13.0 Å². The molecule has 0 bridgehead atoms. The number of hydrogen-bond acceptors (Lipinski definition) is 3. The van der Waals surface area contributed by atoms with Crippen molar-refractivity contribution in [3.63, 3.8) is 0 Å². The van der Waals surface area contributed by atoms with Crippen molar-refractivity contribution in [3.8, 4) is 5.75 Å². The van der Waals surface area contributed by atoms with Crippen LogP contribution < -0.4 is 10.1 Å². The number of aliphatic hydroxyl groups is 1. The van der Waals surface area contributed by atoms with Crippen molar-refractivity contribution in [1.82, 2.24) is 5.32 Å². The fraction of sp³-hybridized carbons (Fsp3) is 0.357. The van der Waals surface area contributed by atoms with E-state index in [-0.39, 0.29) is 17.2 Å². The average molecular weight is 267 g/mol. The Balaban J connectivity index is 2.69. The van der Waals surface area contributed by atoms with Gasteiger partial charge in [0.1, 0.15) is 11.6 Å². The van der Waals surface area contributed by atoms with E-state index in [1.807, 2.05) is 0 Å². The lowest BCUT2D eigenvalue weighted by molar-refractivity contribution is -0.127. The van der Waals surface area contributed by atoms with Gasteiger partial charge in [-0.25, -0.2) is 4.39 Å². The lowest BCUT2D eigenvalue weighted by Gasteiger charge is -2.15. The zero-order chi connectivity index (χ0) is 14.4. The molecule has 1 aromatic rings. The third-order valence-electron chi connectivity index (χ3n) is 2.52. The Hall–Kier alpha value is -1.88. The molecule has 2 N–H and O–H groups in total. The minimum Gasteiger partial charge on any atom is -0.481 e. The Morgan fingerprint density at radius 2 is 2.26 bits per heavy atom. The summed E-state index contributed by atoms with van der Waals surface area (Å²) in [5.74, 6) is -0.630. The predicted octanol–water partition coefficient (Wildman–Crippen LogP) is 1.95. The Kier molecular flexibility index (Phi) is 5.51. The molecular weight excluding hydrogens is 249 g/mol. The Morgan fingerprint density at radius 3 is 2.79 bits per heavy atom. The summed E-state index contributed by atoms with van der Waals surface area (Å²) >= 11 is 0. The number of nitrogens with one attached hydrogen (secondary N) is 1. The van der Waals surface area contributed by atoms with Crippen molar-refractivity contribution >= 4 is 5.91 Å². The van der Waals surface area contributed by atoms with Gasteiger partial charge in [0.25, 0.3) is 5.91 Å². The van der Waals surface area contributed by atoms with Crippen LogP contribution in [-0.2, 0) is 4.79 Å². The number of hydrogen-bond donors (Lipinski definition) is 2. The number of ether oxygens (including phenoxy) is 1. The number of amides is 1. The molecule has 0 aliphatic rings. The van der Waals surface area contributed by atoms with Gasteiger partial charge in [0.05, 0.1) is 6.10 Å². The van der Waals surface area contributed by atoms with Crippen LogP contribution in [0.3, 0.4) is 0 Å².